The normalized spacial score (nSPS) is 34.5. The van der Waals surface area contributed by atoms with Crippen LogP contribution in [-0.4, -0.2) is 63.3 Å². The molecule has 2 aliphatic heterocycles. The van der Waals surface area contributed by atoms with Gasteiger partial charge in [-0.15, -0.1) is 0 Å². The highest BCUT2D eigenvalue weighted by atomic mass is 16.7. The second-order valence-corrected chi connectivity index (χ2v) is 10.7. The number of aliphatic hydroxyl groups is 4. The molecule has 0 saturated carbocycles. The van der Waals surface area contributed by atoms with Gasteiger partial charge in [-0.1, -0.05) is 31.4 Å². The summed E-state index contributed by atoms with van der Waals surface area (Å²) in [6.45, 7) is 8.11. The fourth-order valence-corrected chi connectivity index (χ4v) is 5.67. The first-order valence-corrected chi connectivity index (χ1v) is 12.7. The molecule has 0 aromatic heterocycles. The van der Waals surface area contributed by atoms with Gasteiger partial charge in [0.1, 0.15) is 41.5 Å². The van der Waals surface area contributed by atoms with Crippen molar-refractivity contribution < 1.29 is 34.6 Å². The Balaban J connectivity index is 1.75. The van der Waals surface area contributed by atoms with E-state index in [9.17, 15) is 20.4 Å². The Morgan fingerprint density at radius 1 is 1.09 bits per heavy atom. The van der Waals surface area contributed by atoms with Gasteiger partial charge >= 0.3 is 0 Å². The van der Waals surface area contributed by atoms with E-state index in [1.54, 1.807) is 0 Å². The van der Waals surface area contributed by atoms with Crippen LogP contribution in [-0.2, 0) is 11.2 Å². The second-order valence-electron chi connectivity index (χ2n) is 10.7. The van der Waals surface area contributed by atoms with Gasteiger partial charge in [0, 0.05) is 17.4 Å². The molecule has 0 amide bonds. The number of benzene rings is 1. The highest BCUT2D eigenvalue weighted by Gasteiger charge is 2.48. The third-order valence-corrected chi connectivity index (χ3v) is 7.67. The van der Waals surface area contributed by atoms with E-state index in [0.29, 0.717) is 5.75 Å². The summed E-state index contributed by atoms with van der Waals surface area (Å²) in [4.78, 5) is 0. The number of hydrogen-bond acceptors (Lipinski definition) is 7. The van der Waals surface area contributed by atoms with E-state index in [-0.39, 0.29) is 17.4 Å². The number of allylic oxidation sites excluding steroid dienone is 2. The minimum Gasteiger partial charge on any atom is -0.487 e. The first-order valence-electron chi connectivity index (χ1n) is 12.7. The van der Waals surface area contributed by atoms with Gasteiger partial charge in [0.15, 0.2) is 0 Å². The van der Waals surface area contributed by atoms with Gasteiger partial charge in [-0.2, -0.15) is 0 Å². The molecule has 7 nitrogen and oxygen atoms in total. The van der Waals surface area contributed by atoms with E-state index in [4.69, 9.17) is 14.2 Å². The summed E-state index contributed by atoms with van der Waals surface area (Å²) < 4.78 is 18.5. The maximum atomic E-state index is 10.6. The monoisotopic (exact) mass is 476 g/mol. The Labute approximate surface area is 202 Å². The van der Waals surface area contributed by atoms with E-state index in [2.05, 4.69) is 39.8 Å². The van der Waals surface area contributed by atoms with Crippen molar-refractivity contribution in [1.29, 1.82) is 0 Å². The fourth-order valence-electron chi connectivity index (χ4n) is 5.67. The number of hydrogen-bond donors (Lipinski definition) is 4. The van der Waals surface area contributed by atoms with Crippen LogP contribution < -0.4 is 9.47 Å². The Bertz CT molecular complexity index is 893. The van der Waals surface area contributed by atoms with Crippen molar-refractivity contribution in [1.82, 2.24) is 0 Å². The van der Waals surface area contributed by atoms with Crippen LogP contribution in [0, 0.1) is 5.92 Å². The molecule has 1 fully saturated rings. The van der Waals surface area contributed by atoms with Crippen LogP contribution >= 0.6 is 0 Å². The largest absolute Gasteiger partial charge is 0.487 e. The number of ether oxygens (including phenoxy) is 3. The lowest BCUT2D eigenvalue weighted by atomic mass is 9.68. The Morgan fingerprint density at radius 3 is 2.56 bits per heavy atom. The molecule has 1 saturated heterocycles. The van der Waals surface area contributed by atoms with E-state index in [1.165, 1.54) is 5.57 Å². The van der Waals surface area contributed by atoms with E-state index in [1.807, 2.05) is 6.07 Å². The molecule has 2 heterocycles. The second kappa shape index (κ2) is 10.2. The van der Waals surface area contributed by atoms with Gasteiger partial charge in [-0.25, -0.2) is 0 Å². The highest BCUT2D eigenvalue weighted by molar-refractivity contribution is 5.54. The molecule has 0 bridgehead atoms. The van der Waals surface area contributed by atoms with Crippen molar-refractivity contribution in [3.05, 3.63) is 34.9 Å². The summed E-state index contributed by atoms with van der Waals surface area (Å²) in [6, 6.07) is 4.10. The Morgan fingerprint density at radius 2 is 1.85 bits per heavy atom. The molecule has 1 aromatic rings. The SMILES string of the molecule is CCCCCc1cc(O[C@@H]2OC(CO)[C@@H](O)C(O)C2O)c2c(c1)OC(C)(C)[C@@H]1CCC(C)=C[C@@H]21. The molecule has 0 spiro atoms. The zero-order valence-corrected chi connectivity index (χ0v) is 20.7. The topological polar surface area (TPSA) is 109 Å². The highest BCUT2D eigenvalue weighted by Crippen LogP contribution is 2.54. The lowest BCUT2D eigenvalue weighted by molar-refractivity contribution is -0.277. The van der Waals surface area contributed by atoms with Crippen molar-refractivity contribution >= 4 is 0 Å². The van der Waals surface area contributed by atoms with Crippen LogP contribution in [0.1, 0.15) is 76.8 Å². The molecule has 190 valence electrons. The quantitative estimate of drug-likeness (QED) is 0.353. The summed E-state index contributed by atoms with van der Waals surface area (Å²) in [7, 11) is 0. The third-order valence-electron chi connectivity index (χ3n) is 7.67. The standard InChI is InChI=1S/C27H40O7/c1-5-6-7-8-16-12-19(32-26-25(31)24(30)23(29)21(14-28)33-26)22-17-11-15(2)9-10-18(17)27(3,4)34-20(22)13-16/h11-13,17-18,21,23-26,28-31H,5-10,14H2,1-4H3/t17-,18-,21?,23-,24?,25?,26-/m1/s1. The molecule has 7 atom stereocenters. The Hall–Kier alpha value is -1.64. The maximum Gasteiger partial charge on any atom is 0.229 e. The summed E-state index contributed by atoms with van der Waals surface area (Å²) in [5, 5.41) is 40.6. The van der Waals surface area contributed by atoms with Gasteiger partial charge in [0.05, 0.1) is 6.61 Å². The zero-order chi connectivity index (χ0) is 24.6. The van der Waals surface area contributed by atoms with E-state index >= 15 is 0 Å². The molecule has 34 heavy (non-hydrogen) atoms. The van der Waals surface area contributed by atoms with Gasteiger partial charge in [0.2, 0.25) is 6.29 Å². The average molecular weight is 477 g/mol. The van der Waals surface area contributed by atoms with Crippen LogP contribution in [0.3, 0.4) is 0 Å². The van der Waals surface area contributed by atoms with Crippen molar-refractivity contribution in [2.75, 3.05) is 6.61 Å². The average Bonchev–Trinajstić information content (AvgIpc) is 2.78. The zero-order valence-electron chi connectivity index (χ0n) is 20.7. The third kappa shape index (κ3) is 4.86. The van der Waals surface area contributed by atoms with Gasteiger partial charge in [-0.3, -0.25) is 0 Å². The lowest BCUT2D eigenvalue weighted by Gasteiger charge is -2.47. The molecule has 3 unspecified atom stereocenters. The molecule has 0 radical (unpaired) electrons. The lowest BCUT2D eigenvalue weighted by Crippen LogP contribution is -2.60. The number of unbranched alkanes of at least 4 members (excludes halogenated alkanes) is 2. The van der Waals surface area contributed by atoms with Crippen LogP contribution in [0.2, 0.25) is 0 Å². The molecule has 4 rings (SSSR count). The van der Waals surface area contributed by atoms with Crippen LogP contribution in [0.25, 0.3) is 0 Å². The fraction of sp³-hybridized carbons (Fsp3) is 0.704. The van der Waals surface area contributed by atoms with Crippen LogP contribution in [0.15, 0.2) is 23.8 Å². The minimum absolute atomic E-state index is 0.0945. The van der Waals surface area contributed by atoms with Crippen molar-refractivity contribution in [2.45, 2.75) is 108 Å². The van der Waals surface area contributed by atoms with Crippen molar-refractivity contribution in [2.24, 2.45) is 5.92 Å². The minimum atomic E-state index is -1.49. The number of fused-ring (bicyclic) bond motifs is 3. The van der Waals surface area contributed by atoms with Crippen molar-refractivity contribution in [3.63, 3.8) is 0 Å². The maximum absolute atomic E-state index is 10.6. The van der Waals surface area contributed by atoms with E-state index < -0.39 is 37.3 Å². The van der Waals surface area contributed by atoms with Crippen LogP contribution in [0.5, 0.6) is 11.5 Å². The summed E-state index contributed by atoms with van der Waals surface area (Å²) in [5.41, 5.74) is 3.00. The predicted octanol–water partition coefficient (Wildman–Crippen LogP) is 3.21. The first-order chi connectivity index (χ1) is 16.2. The molecular formula is C27H40O7. The molecule has 3 aliphatic rings. The molecule has 4 N–H and O–H groups in total. The van der Waals surface area contributed by atoms with Gasteiger partial charge < -0.3 is 34.6 Å². The van der Waals surface area contributed by atoms with Crippen LogP contribution in [0.4, 0.5) is 0 Å². The van der Waals surface area contributed by atoms with Gasteiger partial charge in [-0.05, 0) is 64.2 Å². The molecule has 7 heteroatoms. The van der Waals surface area contributed by atoms with Gasteiger partial charge in [0.25, 0.3) is 0 Å². The van der Waals surface area contributed by atoms with E-state index in [0.717, 1.165) is 55.4 Å². The summed E-state index contributed by atoms with van der Waals surface area (Å²) in [5.74, 6) is 1.71. The molecule has 1 aromatic carbocycles. The number of aliphatic hydroxyl groups excluding tert-OH is 4. The molecular weight excluding hydrogens is 436 g/mol. The number of aryl methyl sites for hydroxylation is 1. The number of rotatable bonds is 7. The summed E-state index contributed by atoms with van der Waals surface area (Å²) >= 11 is 0. The first kappa shape index (κ1) is 25.5. The smallest absolute Gasteiger partial charge is 0.229 e. The summed E-state index contributed by atoms with van der Waals surface area (Å²) in [6.07, 6.45) is 1.88. The molecule has 1 aliphatic carbocycles. The Kier molecular flexibility index (Phi) is 7.60. The predicted molar refractivity (Wildman–Crippen MR) is 128 cm³/mol. The van der Waals surface area contributed by atoms with Crippen molar-refractivity contribution in [3.8, 4) is 11.5 Å².